The molecule has 0 spiro atoms. The van der Waals surface area contributed by atoms with Crippen LogP contribution in [0.25, 0.3) is 0 Å². The van der Waals surface area contributed by atoms with Gasteiger partial charge < -0.3 is 10.1 Å². The van der Waals surface area contributed by atoms with Crippen molar-refractivity contribution in [3.8, 4) is 0 Å². The summed E-state index contributed by atoms with van der Waals surface area (Å²) in [6, 6.07) is 0.0279. The number of halogens is 3. The van der Waals surface area contributed by atoms with E-state index in [2.05, 4.69) is 5.32 Å². The van der Waals surface area contributed by atoms with E-state index in [-0.39, 0.29) is 19.0 Å². The molecule has 1 rings (SSSR count). The van der Waals surface area contributed by atoms with Crippen LogP contribution in [0.3, 0.4) is 0 Å². The van der Waals surface area contributed by atoms with Crippen LogP contribution < -0.4 is 5.32 Å². The molecule has 0 aromatic heterocycles. The lowest BCUT2D eigenvalue weighted by atomic mass is 9.96. The summed E-state index contributed by atoms with van der Waals surface area (Å²) in [7, 11) is 1.59. The SMILES string of the molecule is CCNCC(COC)N1CCCC(C(F)(F)F)C1. The fraction of sp³-hybridized carbons (Fsp3) is 1.00. The monoisotopic (exact) mass is 268 g/mol. The minimum absolute atomic E-state index is 0.0279. The van der Waals surface area contributed by atoms with Crippen molar-refractivity contribution in [2.75, 3.05) is 39.9 Å². The molecule has 3 nitrogen and oxygen atoms in total. The molecule has 1 saturated heterocycles. The van der Waals surface area contributed by atoms with E-state index in [0.29, 0.717) is 19.6 Å². The second kappa shape index (κ2) is 7.31. The number of nitrogens with zero attached hydrogens (tertiary/aromatic N) is 1. The molecule has 1 N–H and O–H groups in total. The number of piperidine rings is 1. The molecular formula is C12H23F3N2O. The van der Waals surface area contributed by atoms with Gasteiger partial charge in [0, 0.05) is 26.2 Å². The number of methoxy groups -OCH3 is 1. The van der Waals surface area contributed by atoms with Gasteiger partial charge in [-0.05, 0) is 25.9 Å². The second-order valence-corrected chi connectivity index (χ2v) is 4.79. The highest BCUT2D eigenvalue weighted by atomic mass is 19.4. The molecular weight excluding hydrogens is 245 g/mol. The first-order valence-electron chi connectivity index (χ1n) is 6.49. The van der Waals surface area contributed by atoms with Gasteiger partial charge in [-0.3, -0.25) is 4.90 Å². The largest absolute Gasteiger partial charge is 0.393 e. The van der Waals surface area contributed by atoms with E-state index in [1.807, 2.05) is 11.8 Å². The maximum Gasteiger partial charge on any atom is 0.393 e. The molecule has 0 saturated carbocycles. The summed E-state index contributed by atoms with van der Waals surface area (Å²) >= 11 is 0. The third kappa shape index (κ3) is 4.74. The first-order valence-corrected chi connectivity index (χ1v) is 6.49. The molecule has 108 valence electrons. The highest BCUT2D eigenvalue weighted by Gasteiger charge is 2.42. The number of hydrogen-bond donors (Lipinski definition) is 1. The Bertz CT molecular complexity index is 236. The van der Waals surface area contributed by atoms with E-state index in [1.54, 1.807) is 7.11 Å². The Hall–Kier alpha value is -0.330. The van der Waals surface area contributed by atoms with Crippen LogP contribution in [0.4, 0.5) is 13.2 Å². The highest BCUT2D eigenvalue weighted by Crippen LogP contribution is 2.33. The number of likely N-dealkylation sites (N-methyl/N-ethyl adjacent to an activating group) is 1. The van der Waals surface area contributed by atoms with E-state index in [9.17, 15) is 13.2 Å². The smallest absolute Gasteiger partial charge is 0.383 e. The highest BCUT2D eigenvalue weighted by molar-refractivity contribution is 4.83. The predicted octanol–water partition coefficient (Wildman–Crippen LogP) is 1.89. The molecule has 0 aromatic rings. The maximum atomic E-state index is 12.7. The van der Waals surface area contributed by atoms with Crippen LogP contribution in [0.1, 0.15) is 19.8 Å². The van der Waals surface area contributed by atoms with Gasteiger partial charge in [-0.2, -0.15) is 13.2 Å². The van der Waals surface area contributed by atoms with Gasteiger partial charge in [0.05, 0.1) is 12.5 Å². The summed E-state index contributed by atoms with van der Waals surface area (Å²) in [4.78, 5) is 1.91. The Kier molecular flexibility index (Phi) is 6.38. The van der Waals surface area contributed by atoms with Gasteiger partial charge in [0.15, 0.2) is 0 Å². The minimum atomic E-state index is -4.07. The van der Waals surface area contributed by atoms with Crippen molar-refractivity contribution in [3.05, 3.63) is 0 Å². The Balaban J connectivity index is 2.55. The molecule has 0 radical (unpaired) electrons. The number of nitrogens with one attached hydrogen (secondary N) is 1. The van der Waals surface area contributed by atoms with Gasteiger partial charge in [-0.15, -0.1) is 0 Å². The number of rotatable bonds is 6. The lowest BCUT2D eigenvalue weighted by Gasteiger charge is -2.38. The van der Waals surface area contributed by atoms with Gasteiger partial charge in [-0.1, -0.05) is 6.92 Å². The zero-order chi connectivity index (χ0) is 13.6. The van der Waals surface area contributed by atoms with Gasteiger partial charge >= 0.3 is 6.18 Å². The number of likely N-dealkylation sites (tertiary alicyclic amines) is 1. The van der Waals surface area contributed by atoms with Crippen molar-refractivity contribution in [2.24, 2.45) is 5.92 Å². The molecule has 6 heteroatoms. The van der Waals surface area contributed by atoms with Crippen molar-refractivity contribution >= 4 is 0 Å². The first kappa shape index (κ1) is 15.7. The number of ether oxygens (including phenoxy) is 1. The van der Waals surface area contributed by atoms with Gasteiger partial charge in [-0.25, -0.2) is 0 Å². The zero-order valence-corrected chi connectivity index (χ0v) is 11.1. The van der Waals surface area contributed by atoms with Crippen molar-refractivity contribution in [2.45, 2.75) is 32.0 Å². The topological polar surface area (TPSA) is 24.5 Å². The van der Waals surface area contributed by atoms with Crippen molar-refractivity contribution < 1.29 is 17.9 Å². The fourth-order valence-corrected chi connectivity index (χ4v) is 2.40. The molecule has 1 heterocycles. The maximum absolute atomic E-state index is 12.7. The number of alkyl halides is 3. The number of hydrogen-bond acceptors (Lipinski definition) is 3. The van der Waals surface area contributed by atoms with E-state index in [1.165, 1.54) is 0 Å². The van der Waals surface area contributed by atoms with Crippen LogP contribution in [0, 0.1) is 5.92 Å². The lowest BCUT2D eigenvalue weighted by Crippen LogP contribution is -2.51. The molecule has 1 fully saturated rings. The molecule has 0 aliphatic carbocycles. The molecule has 2 unspecified atom stereocenters. The van der Waals surface area contributed by atoms with E-state index >= 15 is 0 Å². The summed E-state index contributed by atoms with van der Waals surface area (Å²) < 4.78 is 43.3. The Morgan fingerprint density at radius 2 is 2.17 bits per heavy atom. The van der Waals surface area contributed by atoms with Crippen molar-refractivity contribution in [3.63, 3.8) is 0 Å². The molecule has 18 heavy (non-hydrogen) atoms. The Morgan fingerprint density at radius 3 is 2.72 bits per heavy atom. The molecule has 0 amide bonds. The third-order valence-corrected chi connectivity index (χ3v) is 3.42. The van der Waals surface area contributed by atoms with Crippen LogP contribution >= 0.6 is 0 Å². The summed E-state index contributed by atoms with van der Waals surface area (Å²) in [6.07, 6.45) is -3.22. The van der Waals surface area contributed by atoms with E-state index < -0.39 is 12.1 Å². The molecule has 0 aromatic carbocycles. The predicted molar refractivity (Wildman–Crippen MR) is 64.6 cm³/mol. The van der Waals surface area contributed by atoms with E-state index in [4.69, 9.17) is 4.74 Å². The fourth-order valence-electron chi connectivity index (χ4n) is 2.40. The Labute approximate surface area is 107 Å². The van der Waals surface area contributed by atoms with Crippen LogP contribution in [0.15, 0.2) is 0 Å². The van der Waals surface area contributed by atoms with Crippen LogP contribution in [0.2, 0.25) is 0 Å². The van der Waals surface area contributed by atoms with Gasteiger partial charge in [0.2, 0.25) is 0 Å². The molecule has 1 aliphatic heterocycles. The van der Waals surface area contributed by atoms with Crippen molar-refractivity contribution in [1.82, 2.24) is 10.2 Å². The lowest BCUT2D eigenvalue weighted by molar-refractivity contribution is -0.189. The van der Waals surface area contributed by atoms with Crippen LogP contribution in [-0.4, -0.2) is 57.0 Å². The summed E-state index contributed by atoms with van der Waals surface area (Å²) in [5, 5.41) is 3.18. The normalized spacial score (nSPS) is 24.2. The second-order valence-electron chi connectivity index (χ2n) is 4.79. The Morgan fingerprint density at radius 1 is 1.44 bits per heavy atom. The summed E-state index contributed by atoms with van der Waals surface area (Å²) in [5.41, 5.74) is 0. The standard InChI is InChI=1S/C12H23F3N2O/c1-3-16-7-11(9-18-2)17-6-4-5-10(8-17)12(13,14)15/h10-11,16H,3-9H2,1-2H3. The summed E-state index contributed by atoms with van der Waals surface area (Å²) in [6.45, 7) is 4.77. The van der Waals surface area contributed by atoms with Crippen LogP contribution in [-0.2, 0) is 4.74 Å². The third-order valence-electron chi connectivity index (χ3n) is 3.42. The zero-order valence-electron chi connectivity index (χ0n) is 11.1. The average molecular weight is 268 g/mol. The van der Waals surface area contributed by atoms with E-state index in [0.717, 1.165) is 13.1 Å². The first-order chi connectivity index (χ1) is 8.49. The van der Waals surface area contributed by atoms with Gasteiger partial charge in [0.1, 0.15) is 0 Å². The minimum Gasteiger partial charge on any atom is -0.383 e. The van der Waals surface area contributed by atoms with Gasteiger partial charge in [0.25, 0.3) is 0 Å². The molecule has 2 atom stereocenters. The quantitative estimate of drug-likeness (QED) is 0.796. The van der Waals surface area contributed by atoms with Crippen LogP contribution in [0.5, 0.6) is 0 Å². The molecule has 0 bridgehead atoms. The summed E-state index contributed by atoms with van der Waals surface area (Å²) in [5.74, 6) is -1.19. The van der Waals surface area contributed by atoms with Crippen molar-refractivity contribution in [1.29, 1.82) is 0 Å². The molecule has 1 aliphatic rings. The average Bonchev–Trinajstić information content (AvgIpc) is 2.33.